The van der Waals surface area contributed by atoms with Gasteiger partial charge in [0.05, 0.1) is 0 Å². The average Bonchev–Trinajstić information content (AvgIpc) is 2.15. The van der Waals surface area contributed by atoms with Crippen LogP contribution in [0.15, 0.2) is 30.3 Å². The highest BCUT2D eigenvalue weighted by molar-refractivity contribution is 5.71. The van der Waals surface area contributed by atoms with Crippen LogP contribution in [0.4, 0.5) is 0 Å². The normalized spacial score (nSPS) is 11.5. The Balaban J connectivity index is 0.00000169. The molecule has 4 heteroatoms. The highest BCUT2D eigenvalue weighted by Gasteiger charge is 2.11. The molecule has 1 unspecified atom stereocenters. The average molecular weight is 197 g/mol. The molecule has 0 amide bonds. The molecule has 0 aliphatic heterocycles. The van der Waals surface area contributed by atoms with Crippen LogP contribution < -0.4 is 6.15 Å². The molecule has 0 bridgehead atoms. The molecule has 0 saturated heterocycles. The van der Waals surface area contributed by atoms with E-state index in [-0.39, 0.29) is 12.6 Å². The van der Waals surface area contributed by atoms with Crippen LogP contribution in [0.5, 0.6) is 0 Å². The molecule has 4 nitrogen and oxygen atoms in total. The van der Waals surface area contributed by atoms with E-state index in [9.17, 15) is 4.79 Å². The number of aryl methyl sites for hydroxylation is 1. The summed E-state index contributed by atoms with van der Waals surface area (Å²) in [5.74, 6) is -1.16. The van der Waals surface area contributed by atoms with E-state index in [1.807, 2.05) is 30.3 Å². The lowest BCUT2D eigenvalue weighted by molar-refractivity contribution is -0.146. The highest BCUT2D eigenvalue weighted by Crippen LogP contribution is 2.04. The van der Waals surface area contributed by atoms with Gasteiger partial charge in [-0.2, -0.15) is 0 Å². The maximum atomic E-state index is 10.3. The molecule has 0 saturated carbocycles. The Labute approximate surface area is 82.8 Å². The lowest BCUT2D eigenvalue weighted by Crippen LogP contribution is -2.19. The predicted octanol–water partition coefficient (Wildman–Crippen LogP) is 1.23. The molecule has 1 atom stereocenters. The molecule has 1 aromatic carbocycles. The van der Waals surface area contributed by atoms with Gasteiger partial charge in [0.1, 0.15) is 0 Å². The maximum Gasteiger partial charge on any atom is 0.332 e. The minimum absolute atomic E-state index is 0. The predicted molar refractivity (Wildman–Crippen MR) is 53.4 cm³/mol. The molecule has 0 heterocycles. The minimum atomic E-state index is -1.25. The first-order valence-corrected chi connectivity index (χ1v) is 4.15. The van der Waals surface area contributed by atoms with E-state index in [2.05, 4.69) is 0 Å². The summed E-state index contributed by atoms with van der Waals surface area (Å²) in [7, 11) is 0. The molecular formula is C10H15NO3. The number of rotatable bonds is 4. The van der Waals surface area contributed by atoms with Gasteiger partial charge in [0.25, 0.3) is 0 Å². The fourth-order valence-electron chi connectivity index (χ4n) is 1.07. The van der Waals surface area contributed by atoms with Crippen molar-refractivity contribution in [3.63, 3.8) is 0 Å². The van der Waals surface area contributed by atoms with Gasteiger partial charge in [0.2, 0.25) is 0 Å². The van der Waals surface area contributed by atoms with Crippen molar-refractivity contribution in [2.45, 2.75) is 18.9 Å². The molecule has 78 valence electrons. The quantitative estimate of drug-likeness (QED) is 0.676. The highest BCUT2D eigenvalue weighted by atomic mass is 16.4. The number of aliphatic hydroxyl groups excluding tert-OH is 1. The Kier molecular flexibility index (Phi) is 5.52. The molecule has 5 N–H and O–H groups in total. The van der Waals surface area contributed by atoms with Gasteiger partial charge in [-0.05, 0) is 18.4 Å². The third-order valence-electron chi connectivity index (χ3n) is 1.83. The van der Waals surface area contributed by atoms with Gasteiger partial charge in [-0.3, -0.25) is 0 Å². The smallest absolute Gasteiger partial charge is 0.332 e. The van der Waals surface area contributed by atoms with E-state index in [0.717, 1.165) is 5.56 Å². The third-order valence-corrected chi connectivity index (χ3v) is 1.83. The number of benzene rings is 1. The van der Waals surface area contributed by atoms with Crippen molar-refractivity contribution < 1.29 is 15.0 Å². The molecule has 0 radical (unpaired) electrons. The van der Waals surface area contributed by atoms with Gasteiger partial charge in [0, 0.05) is 0 Å². The second-order valence-corrected chi connectivity index (χ2v) is 2.88. The summed E-state index contributed by atoms with van der Waals surface area (Å²) in [4.78, 5) is 10.3. The summed E-state index contributed by atoms with van der Waals surface area (Å²) >= 11 is 0. The standard InChI is InChI=1S/C10H12O3.H3N/c11-9(10(12)13)7-6-8-4-2-1-3-5-8;/h1-5,9,11H,6-7H2,(H,12,13);1H3. The van der Waals surface area contributed by atoms with Crippen molar-refractivity contribution in [3.8, 4) is 0 Å². The molecule has 1 rings (SSSR count). The van der Waals surface area contributed by atoms with Crippen LogP contribution in [0, 0.1) is 0 Å². The monoisotopic (exact) mass is 197 g/mol. The fourth-order valence-corrected chi connectivity index (χ4v) is 1.07. The van der Waals surface area contributed by atoms with E-state index in [1.165, 1.54) is 0 Å². The summed E-state index contributed by atoms with van der Waals surface area (Å²) in [6.45, 7) is 0. The SMILES string of the molecule is N.O=C(O)C(O)CCc1ccccc1. The molecule has 0 aliphatic carbocycles. The van der Waals surface area contributed by atoms with Gasteiger partial charge < -0.3 is 16.4 Å². The Morgan fingerprint density at radius 3 is 2.36 bits per heavy atom. The van der Waals surface area contributed by atoms with E-state index in [0.29, 0.717) is 6.42 Å². The van der Waals surface area contributed by atoms with Gasteiger partial charge in [-0.15, -0.1) is 0 Å². The Bertz CT molecular complexity index is 274. The van der Waals surface area contributed by atoms with E-state index in [4.69, 9.17) is 10.2 Å². The summed E-state index contributed by atoms with van der Waals surface area (Å²) in [5, 5.41) is 17.4. The van der Waals surface area contributed by atoms with E-state index < -0.39 is 12.1 Å². The summed E-state index contributed by atoms with van der Waals surface area (Å²) in [6, 6.07) is 9.51. The van der Waals surface area contributed by atoms with Crippen LogP contribution in [0.1, 0.15) is 12.0 Å². The zero-order valence-electron chi connectivity index (χ0n) is 7.89. The van der Waals surface area contributed by atoms with Crippen molar-refractivity contribution in [2.75, 3.05) is 0 Å². The second kappa shape index (κ2) is 6.12. The first-order chi connectivity index (χ1) is 6.20. The Morgan fingerprint density at radius 1 is 1.29 bits per heavy atom. The van der Waals surface area contributed by atoms with E-state index >= 15 is 0 Å². The molecule has 0 aromatic heterocycles. The zero-order chi connectivity index (χ0) is 9.68. The van der Waals surface area contributed by atoms with Gasteiger partial charge in [-0.1, -0.05) is 30.3 Å². The maximum absolute atomic E-state index is 10.3. The van der Waals surface area contributed by atoms with Crippen molar-refractivity contribution in [3.05, 3.63) is 35.9 Å². The minimum Gasteiger partial charge on any atom is -0.479 e. The summed E-state index contributed by atoms with van der Waals surface area (Å²) in [6.07, 6.45) is -0.395. The molecule has 0 fully saturated rings. The van der Waals surface area contributed by atoms with Crippen LogP contribution in [0.25, 0.3) is 0 Å². The van der Waals surface area contributed by atoms with Gasteiger partial charge in [0.15, 0.2) is 6.10 Å². The van der Waals surface area contributed by atoms with Crippen molar-refractivity contribution in [1.29, 1.82) is 0 Å². The van der Waals surface area contributed by atoms with Crippen LogP contribution in [-0.2, 0) is 11.2 Å². The van der Waals surface area contributed by atoms with Crippen LogP contribution in [0.2, 0.25) is 0 Å². The molecule has 14 heavy (non-hydrogen) atoms. The first-order valence-electron chi connectivity index (χ1n) is 4.15. The number of carboxylic acids is 1. The zero-order valence-corrected chi connectivity index (χ0v) is 7.89. The van der Waals surface area contributed by atoms with Crippen molar-refractivity contribution >= 4 is 5.97 Å². The second-order valence-electron chi connectivity index (χ2n) is 2.88. The van der Waals surface area contributed by atoms with Gasteiger partial charge >= 0.3 is 5.97 Å². The topological polar surface area (TPSA) is 92.5 Å². The molecular weight excluding hydrogens is 182 g/mol. The first kappa shape index (κ1) is 12.6. The van der Waals surface area contributed by atoms with Crippen molar-refractivity contribution in [1.82, 2.24) is 6.15 Å². The van der Waals surface area contributed by atoms with E-state index in [1.54, 1.807) is 0 Å². The molecule has 1 aromatic rings. The molecule has 0 aliphatic rings. The summed E-state index contributed by atoms with van der Waals surface area (Å²) in [5.41, 5.74) is 1.04. The van der Waals surface area contributed by atoms with Gasteiger partial charge in [-0.25, -0.2) is 4.79 Å². The Morgan fingerprint density at radius 2 is 1.86 bits per heavy atom. The number of aliphatic hydroxyl groups is 1. The lowest BCUT2D eigenvalue weighted by atomic mass is 10.1. The number of carbonyl (C=O) groups is 1. The molecule has 0 spiro atoms. The number of aliphatic carboxylic acids is 1. The number of hydrogen-bond donors (Lipinski definition) is 3. The lowest BCUT2D eigenvalue weighted by Gasteiger charge is -2.04. The number of hydrogen-bond acceptors (Lipinski definition) is 3. The number of carboxylic acid groups (broad SMARTS) is 1. The van der Waals surface area contributed by atoms with Crippen LogP contribution >= 0.6 is 0 Å². The fraction of sp³-hybridized carbons (Fsp3) is 0.300. The third kappa shape index (κ3) is 4.02. The van der Waals surface area contributed by atoms with Crippen LogP contribution in [0.3, 0.4) is 0 Å². The van der Waals surface area contributed by atoms with Crippen molar-refractivity contribution in [2.24, 2.45) is 0 Å². The Hall–Kier alpha value is -1.39. The largest absolute Gasteiger partial charge is 0.479 e. The summed E-state index contributed by atoms with van der Waals surface area (Å²) < 4.78 is 0. The van der Waals surface area contributed by atoms with Crippen LogP contribution in [-0.4, -0.2) is 22.3 Å².